The molecule has 66 heavy (non-hydrogen) atoms. The predicted molar refractivity (Wildman–Crippen MR) is 260 cm³/mol. The minimum Gasteiger partial charge on any atom is -0.463 e. The molecule has 0 aliphatic heterocycles. The molecule has 0 radical (unpaired) electrons. The number of unbranched alkanes of at least 4 members (excludes halogenated alkanes) is 21. The fourth-order valence-corrected chi connectivity index (χ4v) is 7.88. The standard InChI is InChI=1S/C49H88O15P2/c1-3-5-7-9-11-13-15-17-19-20-21-22-24-26-28-30-32-34-36-38-49(54)60-40-46(51)42-62-66(57,58)64-44-47(52)43-63-65(55,56)61-41-45(50)39-59-48(53)37-35-33-31-29-27-25-23-18-16-14-12-10-8-6-4-2/h6,8,10,12,14,16,18,23,25,27,45-47,50-52H,3-5,7,9,11,13,15,17,19-22,24,26,28-44H2,1-2H3,(H,55,56)(H,57,58)/b8-6+,12-10+,16-14-,23-18-,27-25+. The molecule has 0 aromatic heterocycles. The van der Waals surface area contributed by atoms with Gasteiger partial charge in [0.2, 0.25) is 0 Å². The number of hydrogen-bond acceptors (Lipinski definition) is 13. The zero-order chi connectivity index (χ0) is 48.8. The largest absolute Gasteiger partial charge is 0.472 e. The average molecular weight is 979 g/mol. The number of esters is 2. The van der Waals surface area contributed by atoms with Crippen molar-refractivity contribution in [3.8, 4) is 0 Å². The van der Waals surface area contributed by atoms with Crippen LogP contribution in [0.4, 0.5) is 0 Å². The van der Waals surface area contributed by atoms with Crippen LogP contribution in [-0.4, -0.2) is 95.0 Å². The molecule has 0 aromatic rings. The summed E-state index contributed by atoms with van der Waals surface area (Å²) in [6.07, 6.45) is 43.6. The summed E-state index contributed by atoms with van der Waals surface area (Å²) in [4.78, 5) is 43.8. The quantitative estimate of drug-likeness (QED) is 0.0165. The molecule has 17 heteroatoms. The van der Waals surface area contributed by atoms with Gasteiger partial charge in [0.05, 0.1) is 26.4 Å². The van der Waals surface area contributed by atoms with Gasteiger partial charge in [0, 0.05) is 12.8 Å². The molecule has 384 valence electrons. The van der Waals surface area contributed by atoms with Crippen LogP contribution in [0.3, 0.4) is 0 Å². The molecular weight excluding hydrogens is 890 g/mol. The van der Waals surface area contributed by atoms with Crippen molar-refractivity contribution in [3.63, 3.8) is 0 Å². The van der Waals surface area contributed by atoms with Gasteiger partial charge in [0.25, 0.3) is 0 Å². The van der Waals surface area contributed by atoms with Crippen LogP contribution in [0.1, 0.15) is 181 Å². The van der Waals surface area contributed by atoms with Crippen LogP contribution in [0.5, 0.6) is 0 Å². The second-order valence-corrected chi connectivity index (χ2v) is 19.5. The first-order valence-electron chi connectivity index (χ1n) is 24.7. The number of hydrogen-bond donors (Lipinski definition) is 5. The number of ether oxygens (including phenoxy) is 2. The first-order chi connectivity index (χ1) is 31.8. The van der Waals surface area contributed by atoms with E-state index < -0.39 is 85.5 Å². The Morgan fingerprint density at radius 3 is 1.05 bits per heavy atom. The Morgan fingerprint density at radius 2 is 0.697 bits per heavy atom. The van der Waals surface area contributed by atoms with Gasteiger partial charge >= 0.3 is 27.6 Å². The topological polar surface area (TPSA) is 225 Å². The molecule has 5 atom stereocenters. The van der Waals surface area contributed by atoms with Gasteiger partial charge in [-0.3, -0.25) is 27.7 Å². The van der Waals surface area contributed by atoms with Crippen LogP contribution in [0.25, 0.3) is 0 Å². The van der Waals surface area contributed by atoms with Crippen LogP contribution in [-0.2, 0) is 46.3 Å². The number of carbonyl (C=O) groups excluding carboxylic acids is 2. The maximum atomic E-state index is 12.2. The minimum absolute atomic E-state index is 0.145. The van der Waals surface area contributed by atoms with Gasteiger partial charge in [-0.2, -0.15) is 0 Å². The van der Waals surface area contributed by atoms with Crippen molar-refractivity contribution in [2.75, 3.05) is 39.6 Å². The fourth-order valence-electron chi connectivity index (χ4n) is 6.29. The van der Waals surface area contributed by atoms with E-state index in [1.54, 1.807) is 0 Å². The highest BCUT2D eigenvalue weighted by atomic mass is 31.2. The van der Waals surface area contributed by atoms with Crippen LogP contribution >= 0.6 is 15.6 Å². The lowest BCUT2D eigenvalue weighted by Gasteiger charge is -2.19. The fraction of sp³-hybridized carbons (Fsp3) is 0.755. The summed E-state index contributed by atoms with van der Waals surface area (Å²) in [5.41, 5.74) is 0. The molecule has 0 amide bonds. The third-order valence-corrected chi connectivity index (χ3v) is 12.0. The van der Waals surface area contributed by atoms with Gasteiger partial charge < -0.3 is 34.6 Å². The molecule has 0 rings (SSSR count). The molecule has 5 N–H and O–H groups in total. The normalized spacial score (nSPS) is 15.6. The molecule has 0 bridgehead atoms. The number of allylic oxidation sites excluding steroid dienone is 10. The molecule has 0 aliphatic carbocycles. The van der Waals surface area contributed by atoms with Crippen LogP contribution in [0.15, 0.2) is 60.8 Å². The Balaban J connectivity index is 3.89. The van der Waals surface area contributed by atoms with E-state index in [9.17, 15) is 43.8 Å². The summed E-state index contributed by atoms with van der Waals surface area (Å²) in [5, 5.41) is 30.0. The highest BCUT2D eigenvalue weighted by molar-refractivity contribution is 7.47. The van der Waals surface area contributed by atoms with E-state index in [4.69, 9.17) is 9.47 Å². The molecule has 5 unspecified atom stereocenters. The molecule has 0 heterocycles. The van der Waals surface area contributed by atoms with Gasteiger partial charge in [-0.15, -0.1) is 0 Å². The summed E-state index contributed by atoms with van der Waals surface area (Å²) in [6, 6.07) is 0. The van der Waals surface area contributed by atoms with Crippen LogP contribution in [0.2, 0.25) is 0 Å². The van der Waals surface area contributed by atoms with E-state index in [0.29, 0.717) is 12.8 Å². The maximum absolute atomic E-state index is 12.2. The molecule has 0 spiro atoms. The lowest BCUT2D eigenvalue weighted by molar-refractivity contribution is -0.148. The Labute approximate surface area is 397 Å². The van der Waals surface area contributed by atoms with E-state index in [-0.39, 0.29) is 12.8 Å². The molecule has 0 fully saturated rings. The predicted octanol–water partition coefficient (Wildman–Crippen LogP) is 11.4. The number of aliphatic hydroxyl groups excluding tert-OH is 3. The van der Waals surface area contributed by atoms with Crippen molar-refractivity contribution in [3.05, 3.63) is 60.8 Å². The lowest BCUT2D eigenvalue weighted by Crippen LogP contribution is -2.25. The lowest BCUT2D eigenvalue weighted by atomic mass is 10.0. The van der Waals surface area contributed by atoms with E-state index in [0.717, 1.165) is 44.9 Å². The maximum Gasteiger partial charge on any atom is 0.472 e. The second kappa shape index (κ2) is 45.2. The highest BCUT2D eigenvalue weighted by Gasteiger charge is 2.28. The van der Waals surface area contributed by atoms with Crippen molar-refractivity contribution < 1.29 is 71.4 Å². The third kappa shape index (κ3) is 46.8. The number of rotatable bonds is 47. The first kappa shape index (κ1) is 63.7. The zero-order valence-corrected chi connectivity index (χ0v) is 42.1. The smallest absolute Gasteiger partial charge is 0.463 e. The number of aliphatic hydroxyl groups is 3. The molecule has 0 aliphatic rings. The zero-order valence-electron chi connectivity index (χ0n) is 40.3. The van der Waals surface area contributed by atoms with Crippen molar-refractivity contribution in [2.24, 2.45) is 0 Å². The van der Waals surface area contributed by atoms with Gasteiger partial charge in [-0.25, -0.2) is 9.13 Å². The van der Waals surface area contributed by atoms with Gasteiger partial charge in [0.1, 0.15) is 31.5 Å². The summed E-state index contributed by atoms with van der Waals surface area (Å²) in [7, 11) is -9.59. The first-order valence-corrected chi connectivity index (χ1v) is 27.7. The number of phosphoric acid groups is 2. The van der Waals surface area contributed by atoms with E-state index >= 15 is 0 Å². The molecule has 0 aromatic carbocycles. The average Bonchev–Trinajstić information content (AvgIpc) is 3.29. The monoisotopic (exact) mass is 979 g/mol. The summed E-state index contributed by atoms with van der Waals surface area (Å²) < 4.78 is 53.0. The SMILES string of the molecule is CC/C=C/C=C/C=C\C=C/C=C/CCCCCC(=O)OCC(O)COP(=O)(O)OCC(O)COP(=O)(O)OCC(O)COC(=O)CCCCCCCCCCCCCCCCCCCCC. The molecule has 15 nitrogen and oxygen atoms in total. The van der Waals surface area contributed by atoms with Gasteiger partial charge in [-0.1, -0.05) is 197 Å². The van der Waals surface area contributed by atoms with Crippen molar-refractivity contribution >= 4 is 27.6 Å². The Bertz CT molecular complexity index is 1420. The van der Waals surface area contributed by atoms with Gasteiger partial charge in [-0.05, 0) is 32.1 Å². The molecule has 0 saturated heterocycles. The van der Waals surface area contributed by atoms with Crippen molar-refractivity contribution in [1.29, 1.82) is 0 Å². The van der Waals surface area contributed by atoms with Crippen LogP contribution in [0, 0.1) is 0 Å². The molecule has 0 saturated carbocycles. The van der Waals surface area contributed by atoms with E-state index in [1.807, 2.05) is 54.7 Å². The van der Waals surface area contributed by atoms with Gasteiger partial charge in [0.15, 0.2) is 0 Å². The molecular formula is C49H88O15P2. The third-order valence-electron chi connectivity index (χ3n) is 10.1. The van der Waals surface area contributed by atoms with Crippen molar-refractivity contribution in [1.82, 2.24) is 0 Å². The highest BCUT2D eigenvalue weighted by Crippen LogP contribution is 2.45. The minimum atomic E-state index is -4.80. The Kier molecular flexibility index (Phi) is 43.7. The van der Waals surface area contributed by atoms with E-state index in [2.05, 4.69) is 38.0 Å². The second-order valence-electron chi connectivity index (χ2n) is 16.6. The van der Waals surface area contributed by atoms with Crippen LogP contribution < -0.4 is 0 Å². The Morgan fingerprint density at radius 1 is 0.409 bits per heavy atom. The van der Waals surface area contributed by atoms with Crippen molar-refractivity contribution in [2.45, 2.75) is 199 Å². The summed E-state index contributed by atoms with van der Waals surface area (Å²) in [5.74, 6) is -1.03. The Hall–Kier alpha value is -2.26. The number of carbonyl (C=O) groups is 2. The summed E-state index contributed by atoms with van der Waals surface area (Å²) in [6.45, 7) is 0.236. The summed E-state index contributed by atoms with van der Waals surface area (Å²) >= 11 is 0. The number of phosphoric ester groups is 2. The van der Waals surface area contributed by atoms with E-state index in [1.165, 1.54) is 96.3 Å².